The number of rotatable bonds is 2. The van der Waals surface area contributed by atoms with Crippen LogP contribution < -0.4 is 4.90 Å². The van der Waals surface area contributed by atoms with E-state index in [1.165, 1.54) is 17.4 Å². The lowest BCUT2D eigenvalue weighted by Crippen LogP contribution is -2.49. The van der Waals surface area contributed by atoms with Crippen molar-refractivity contribution in [3.05, 3.63) is 42.2 Å². The number of aromatic nitrogens is 3. The average Bonchev–Trinajstić information content (AvgIpc) is 3.21. The Morgan fingerprint density at radius 3 is 2.71 bits per heavy atom. The molecule has 0 saturated carbocycles. The second-order valence-electron chi connectivity index (χ2n) is 5.72. The fraction of sp³-hybridized carbons (Fsp3) is 0.312. The molecule has 6 nitrogen and oxygen atoms in total. The molecular weight excluding hydrogens is 329 g/mol. The minimum atomic E-state index is -0.293. The lowest BCUT2D eigenvalue weighted by Gasteiger charge is -2.34. The highest BCUT2D eigenvalue weighted by Gasteiger charge is 2.26. The number of hydrogen-bond acceptors (Lipinski definition) is 5. The molecule has 0 unspecified atom stereocenters. The fourth-order valence-corrected chi connectivity index (χ4v) is 3.88. The number of carbonyl (C=O) groups excluding carboxylic acids is 1. The van der Waals surface area contributed by atoms with Crippen LogP contribution in [0.25, 0.3) is 10.2 Å². The van der Waals surface area contributed by atoms with Crippen LogP contribution in [0.4, 0.5) is 9.52 Å². The largest absolute Gasteiger partial charge is 0.345 e. The zero-order valence-electron chi connectivity index (χ0n) is 13.1. The van der Waals surface area contributed by atoms with E-state index in [2.05, 4.69) is 14.9 Å². The van der Waals surface area contributed by atoms with Crippen molar-refractivity contribution in [1.29, 1.82) is 0 Å². The highest BCUT2D eigenvalue weighted by atomic mass is 32.1. The highest BCUT2D eigenvalue weighted by molar-refractivity contribution is 7.22. The molecule has 1 saturated heterocycles. The van der Waals surface area contributed by atoms with Gasteiger partial charge in [-0.15, -0.1) is 0 Å². The number of carbonyl (C=O) groups is 1. The summed E-state index contributed by atoms with van der Waals surface area (Å²) < 4.78 is 16.4. The van der Waals surface area contributed by atoms with Crippen LogP contribution in [-0.2, 0) is 7.05 Å². The average molecular weight is 345 g/mol. The van der Waals surface area contributed by atoms with Gasteiger partial charge < -0.3 is 14.4 Å². The molecule has 1 aromatic carbocycles. The first-order valence-corrected chi connectivity index (χ1v) is 8.52. The first-order chi connectivity index (χ1) is 11.6. The van der Waals surface area contributed by atoms with Crippen molar-refractivity contribution in [2.45, 2.75) is 0 Å². The number of piperazine rings is 1. The number of benzene rings is 1. The van der Waals surface area contributed by atoms with Crippen molar-refractivity contribution in [2.75, 3.05) is 31.1 Å². The van der Waals surface area contributed by atoms with Crippen LogP contribution >= 0.6 is 11.3 Å². The molecule has 0 bridgehead atoms. The molecule has 8 heteroatoms. The Bertz CT molecular complexity index is 897. The van der Waals surface area contributed by atoms with E-state index in [1.54, 1.807) is 27.9 Å². The van der Waals surface area contributed by atoms with Crippen molar-refractivity contribution in [3.63, 3.8) is 0 Å². The van der Waals surface area contributed by atoms with Crippen LogP contribution in [0.2, 0.25) is 0 Å². The molecule has 124 valence electrons. The Balaban J connectivity index is 1.48. The number of thiazole rings is 1. The third-order valence-corrected chi connectivity index (χ3v) is 5.29. The van der Waals surface area contributed by atoms with Crippen LogP contribution in [0.3, 0.4) is 0 Å². The predicted octanol–water partition coefficient (Wildman–Crippen LogP) is 2.13. The van der Waals surface area contributed by atoms with Gasteiger partial charge in [0, 0.05) is 45.6 Å². The zero-order chi connectivity index (χ0) is 16.7. The predicted molar refractivity (Wildman–Crippen MR) is 90.9 cm³/mol. The van der Waals surface area contributed by atoms with Gasteiger partial charge in [-0.25, -0.2) is 14.4 Å². The monoisotopic (exact) mass is 345 g/mol. The van der Waals surface area contributed by atoms with Gasteiger partial charge in [-0.1, -0.05) is 17.4 Å². The van der Waals surface area contributed by atoms with Gasteiger partial charge in [-0.2, -0.15) is 0 Å². The van der Waals surface area contributed by atoms with E-state index in [0.29, 0.717) is 37.5 Å². The summed E-state index contributed by atoms with van der Waals surface area (Å²) in [6.07, 6.45) is 3.39. The van der Waals surface area contributed by atoms with Crippen LogP contribution in [0, 0.1) is 5.82 Å². The Hall–Kier alpha value is -2.48. The first-order valence-electron chi connectivity index (χ1n) is 7.70. The van der Waals surface area contributed by atoms with Crippen molar-refractivity contribution >= 4 is 32.6 Å². The van der Waals surface area contributed by atoms with Gasteiger partial charge in [0.1, 0.15) is 11.3 Å². The lowest BCUT2D eigenvalue weighted by molar-refractivity contribution is 0.0731. The number of amides is 1. The summed E-state index contributed by atoms with van der Waals surface area (Å²) in [6, 6.07) is 5.00. The number of para-hydroxylation sites is 1. The van der Waals surface area contributed by atoms with Gasteiger partial charge in [-0.3, -0.25) is 4.79 Å². The summed E-state index contributed by atoms with van der Waals surface area (Å²) >= 11 is 1.48. The number of fused-ring (bicyclic) bond motifs is 1. The summed E-state index contributed by atoms with van der Waals surface area (Å²) in [5.41, 5.74) is 0.420. The van der Waals surface area contributed by atoms with Crippen molar-refractivity contribution < 1.29 is 9.18 Å². The number of anilines is 1. The van der Waals surface area contributed by atoms with E-state index in [-0.39, 0.29) is 11.7 Å². The number of hydrogen-bond donors (Lipinski definition) is 0. The Morgan fingerprint density at radius 2 is 2.04 bits per heavy atom. The first kappa shape index (κ1) is 15.1. The van der Waals surface area contributed by atoms with E-state index >= 15 is 0 Å². The van der Waals surface area contributed by atoms with Crippen molar-refractivity contribution in [3.8, 4) is 0 Å². The van der Waals surface area contributed by atoms with E-state index in [0.717, 1.165) is 9.83 Å². The van der Waals surface area contributed by atoms with E-state index in [1.807, 2.05) is 13.1 Å². The Labute approximate surface area is 142 Å². The van der Waals surface area contributed by atoms with Crippen LogP contribution in [0.1, 0.15) is 10.6 Å². The second-order valence-corrected chi connectivity index (χ2v) is 6.73. The molecule has 24 heavy (non-hydrogen) atoms. The van der Waals surface area contributed by atoms with Gasteiger partial charge in [0.2, 0.25) is 0 Å². The number of aryl methyl sites for hydroxylation is 1. The van der Waals surface area contributed by atoms with Crippen LogP contribution in [-0.4, -0.2) is 51.5 Å². The van der Waals surface area contributed by atoms with Gasteiger partial charge in [0.05, 0.1) is 4.70 Å². The van der Waals surface area contributed by atoms with Gasteiger partial charge >= 0.3 is 0 Å². The third-order valence-electron chi connectivity index (χ3n) is 4.21. The van der Waals surface area contributed by atoms with Crippen LogP contribution in [0.5, 0.6) is 0 Å². The molecule has 1 aliphatic rings. The lowest BCUT2D eigenvalue weighted by atomic mass is 10.3. The molecule has 0 aliphatic carbocycles. The van der Waals surface area contributed by atoms with E-state index in [9.17, 15) is 9.18 Å². The molecule has 3 aromatic rings. The summed E-state index contributed by atoms with van der Waals surface area (Å²) in [5.74, 6) is 0.0987. The maximum atomic E-state index is 13.8. The molecule has 0 atom stereocenters. The third kappa shape index (κ3) is 2.52. The topological polar surface area (TPSA) is 54.3 Å². The maximum Gasteiger partial charge on any atom is 0.289 e. The maximum absolute atomic E-state index is 13.8. The molecule has 1 fully saturated rings. The fourth-order valence-electron chi connectivity index (χ4n) is 2.85. The molecule has 1 aliphatic heterocycles. The summed E-state index contributed by atoms with van der Waals surface area (Å²) in [5, 5.41) is 0.805. The Kier molecular flexibility index (Phi) is 3.68. The zero-order valence-corrected chi connectivity index (χ0v) is 14.0. The molecule has 4 rings (SSSR count). The Morgan fingerprint density at radius 1 is 1.25 bits per heavy atom. The number of imidazole rings is 1. The molecule has 1 amide bonds. The molecule has 0 spiro atoms. The van der Waals surface area contributed by atoms with E-state index in [4.69, 9.17) is 0 Å². The highest BCUT2D eigenvalue weighted by Crippen LogP contribution is 2.30. The molecule has 0 radical (unpaired) electrons. The number of halogens is 1. The van der Waals surface area contributed by atoms with Gasteiger partial charge in [0.25, 0.3) is 5.91 Å². The normalized spacial score (nSPS) is 15.2. The minimum Gasteiger partial charge on any atom is -0.345 e. The van der Waals surface area contributed by atoms with Gasteiger partial charge in [0.15, 0.2) is 11.0 Å². The minimum absolute atomic E-state index is 0.0579. The van der Waals surface area contributed by atoms with Crippen molar-refractivity contribution in [2.24, 2.45) is 7.05 Å². The SMILES string of the molecule is Cn1ccnc1C(=O)N1CCN(c2nc3c(F)cccc3s2)CC1. The smallest absolute Gasteiger partial charge is 0.289 e. The quantitative estimate of drug-likeness (QED) is 0.714. The number of nitrogens with zero attached hydrogens (tertiary/aromatic N) is 5. The molecule has 2 aromatic heterocycles. The summed E-state index contributed by atoms with van der Waals surface area (Å²) in [6.45, 7) is 2.56. The second kappa shape index (κ2) is 5.86. The molecular formula is C16H16FN5OS. The standard InChI is InChI=1S/C16H16FN5OS/c1-20-6-5-18-14(20)15(23)21-7-9-22(10-8-21)16-19-13-11(17)3-2-4-12(13)24-16/h2-6H,7-10H2,1H3. The summed E-state index contributed by atoms with van der Waals surface area (Å²) in [7, 11) is 1.81. The summed E-state index contributed by atoms with van der Waals surface area (Å²) in [4.78, 5) is 24.9. The van der Waals surface area contributed by atoms with Crippen LogP contribution in [0.15, 0.2) is 30.6 Å². The molecule has 0 N–H and O–H groups in total. The van der Waals surface area contributed by atoms with E-state index < -0.39 is 0 Å². The molecule has 3 heterocycles. The van der Waals surface area contributed by atoms with Crippen molar-refractivity contribution in [1.82, 2.24) is 19.4 Å². The van der Waals surface area contributed by atoms with Gasteiger partial charge in [-0.05, 0) is 12.1 Å².